The van der Waals surface area contributed by atoms with Gasteiger partial charge in [0.1, 0.15) is 17.6 Å². The lowest BCUT2D eigenvalue weighted by molar-refractivity contribution is -0.137. The molecule has 4 rings (SSSR count). The highest BCUT2D eigenvalue weighted by atomic mass is 35.5. The van der Waals surface area contributed by atoms with E-state index >= 15 is 0 Å². The molecule has 34 heavy (non-hydrogen) atoms. The van der Waals surface area contributed by atoms with E-state index in [0.717, 1.165) is 12.1 Å². The molecule has 8 nitrogen and oxygen atoms in total. The first kappa shape index (κ1) is 23.3. The van der Waals surface area contributed by atoms with Crippen LogP contribution in [0.25, 0.3) is 11.0 Å². The zero-order chi connectivity index (χ0) is 24.3. The van der Waals surface area contributed by atoms with Gasteiger partial charge in [-0.15, -0.1) is 0 Å². The average Bonchev–Trinajstić information content (AvgIpc) is 3.19. The second kappa shape index (κ2) is 9.57. The highest BCUT2D eigenvalue weighted by Gasteiger charge is 2.30. The first-order valence-electron chi connectivity index (χ1n) is 9.97. The summed E-state index contributed by atoms with van der Waals surface area (Å²) in [6.07, 6.45) is -1.31. The molecule has 176 valence electrons. The number of nitrogens with two attached hydrogens (primary N) is 1. The van der Waals surface area contributed by atoms with Crippen LogP contribution in [0.2, 0.25) is 5.02 Å². The molecule has 2 heterocycles. The Morgan fingerprint density at radius 2 is 1.94 bits per heavy atom. The van der Waals surface area contributed by atoms with Gasteiger partial charge < -0.3 is 25.7 Å². The fraction of sp³-hybridized carbons (Fsp3) is 0.136. The number of aromatic nitrogens is 3. The summed E-state index contributed by atoms with van der Waals surface area (Å²) in [5, 5.41) is 5.00. The van der Waals surface area contributed by atoms with Crippen molar-refractivity contribution in [1.82, 2.24) is 14.5 Å². The molecule has 0 saturated heterocycles. The van der Waals surface area contributed by atoms with Gasteiger partial charge in [0, 0.05) is 31.0 Å². The summed E-state index contributed by atoms with van der Waals surface area (Å²) in [6, 6.07) is 9.90. The van der Waals surface area contributed by atoms with Crippen LogP contribution in [0.5, 0.6) is 11.6 Å². The third-order valence-corrected chi connectivity index (χ3v) is 5.05. The topological polar surface area (TPSA) is 107 Å². The molecule has 0 spiro atoms. The van der Waals surface area contributed by atoms with E-state index < -0.39 is 17.8 Å². The van der Waals surface area contributed by atoms with Crippen molar-refractivity contribution in [3.63, 3.8) is 0 Å². The van der Waals surface area contributed by atoms with Crippen molar-refractivity contribution in [3.8, 4) is 11.6 Å². The third-order valence-electron chi connectivity index (χ3n) is 4.74. The predicted molar refractivity (Wildman–Crippen MR) is 122 cm³/mol. The molecular formula is C22H18ClF3N6O2. The Labute approximate surface area is 196 Å². The summed E-state index contributed by atoms with van der Waals surface area (Å²) < 4.78 is 46.3. The van der Waals surface area contributed by atoms with Crippen LogP contribution in [-0.2, 0) is 12.7 Å². The van der Waals surface area contributed by atoms with Crippen molar-refractivity contribution in [2.45, 2.75) is 12.7 Å². The first-order valence-corrected chi connectivity index (χ1v) is 10.3. The molecule has 0 saturated carbocycles. The average molecular weight is 491 g/mol. The largest absolute Gasteiger partial charge is 0.437 e. The summed E-state index contributed by atoms with van der Waals surface area (Å²) in [7, 11) is 0. The number of amides is 2. The number of ether oxygens (including phenoxy) is 1. The summed E-state index contributed by atoms with van der Waals surface area (Å²) >= 11 is 6.28. The summed E-state index contributed by atoms with van der Waals surface area (Å²) in [5.41, 5.74) is 6.36. The van der Waals surface area contributed by atoms with E-state index in [-0.39, 0.29) is 16.4 Å². The number of nitrogens with one attached hydrogen (secondary N) is 2. The number of alkyl halides is 3. The van der Waals surface area contributed by atoms with Crippen LogP contribution >= 0.6 is 11.6 Å². The first-order chi connectivity index (χ1) is 16.2. The van der Waals surface area contributed by atoms with Crippen LogP contribution in [0.3, 0.4) is 0 Å². The van der Waals surface area contributed by atoms with Gasteiger partial charge in [-0.3, -0.25) is 0 Å². The number of halogens is 4. The van der Waals surface area contributed by atoms with Crippen molar-refractivity contribution in [1.29, 1.82) is 0 Å². The fourth-order valence-corrected chi connectivity index (χ4v) is 3.45. The van der Waals surface area contributed by atoms with Crippen LogP contribution in [0.15, 0.2) is 61.1 Å². The minimum atomic E-state index is -4.52. The van der Waals surface area contributed by atoms with Crippen molar-refractivity contribution in [2.75, 3.05) is 17.2 Å². The third kappa shape index (κ3) is 5.21. The Hall–Kier alpha value is -3.83. The normalized spacial score (nSPS) is 11.4. The van der Waals surface area contributed by atoms with Crippen LogP contribution < -0.4 is 21.1 Å². The lowest BCUT2D eigenvalue weighted by Crippen LogP contribution is -2.20. The molecule has 2 aromatic carbocycles. The smallest absolute Gasteiger partial charge is 0.416 e. The molecule has 0 radical (unpaired) electrons. The van der Waals surface area contributed by atoms with Gasteiger partial charge in [0.05, 0.1) is 21.8 Å². The Morgan fingerprint density at radius 3 is 2.68 bits per heavy atom. The number of benzene rings is 2. The zero-order valence-corrected chi connectivity index (χ0v) is 18.2. The Balaban J connectivity index is 1.47. The molecule has 4 N–H and O–H groups in total. The zero-order valence-electron chi connectivity index (χ0n) is 17.4. The van der Waals surface area contributed by atoms with Gasteiger partial charge >= 0.3 is 12.2 Å². The minimum Gasteiger partial charge on any atom is -0.437 e. The van der Waals surface area contributed by atoms with Crippen LogP contribution in [0, 0.1) is 0 Å². The van der Waals surface area contributed by atoms with E-state index in [9.17, 15) is 18.0 Å². The van der Waals surface area contributed by atoms with Crippen LogP contribution in [-0.4, -0.2) is 27.1 Å². The lowest BCUT2D eigenvalue weighted by Gasteiger charge is -2.13. The minimum absolute atomic E-state index is 0.0170. The molecule has 12 heteroatoms. The number of hydrogen-bond acceptors (Lipinski definition) is 5. The molecule has 0 aliphatic carbocycles. The van der Waals surface area contributed by atoms with Crippen LogP contribution in [0.4, 0.5) is 29.3 Å². The Kier molecular flexibility index (Phi) is 6.57. The van der Waals surface area contributed by atoms with Gasteiger partial charge in [0.25, 0.3) is 0 Å². The van der Waals surface area contributed by atoms with Gasteiger partial charge in [-0.1, -0.05) is 17.7 Å². The number of rotatable bonds is 6. The second-order valence-corrected chi connectivity index (χ2v) is 7.52. The van der Waals surface area contributed by atoms with E-state index in [1.54, 1.807) is 6.07 Å². The number of nitrogens with zero attached hydrogens (tertiary/aromatic N) is 3. The van der Waals surface area contributed by atoms with Crippen LogP contribution in [0.1, 0.15) is 5.56 Å². The lowest BCUT2D eigenvalue weighted by atomic mass is 10.2. The van der Waals surface area contributed by atoms with E-state index in [1.165, 1.54) is 30.6 Å². The predicted octanol–water partition coefficient (Wildman–Crippen LogP) is 5.50. The number of anilines is 2. The van der Waals surface area contributed by atoms with Crippen molar-refractivity contribution in [3.05, 3.63) is 71.6 Å². The molecule has 0 atom stereocenters. The van der Waals surface area contributed by atoms with E-state index in [1.807, 2.05) is 16.8 Å². The van der Waals surface area contributed by atoms with E-state index in [4.69, 9.17) is 22.1 Å². The van der Waals surface area contributed by atoms with Gasteiger partial charge in [0.15, 0.2) is 0 Å². The number of urea groups is 1. The summed E-state index contributed by atoms with van der Waals surface area (Å²) in [4.78, 5) is 20.7. The molecule has 0 unspecified atom stereocenters. The quantitative estimate of drug-likeness (QED) is 0.331. The monoisotopic (exact) mass is 490 g/mol. The Bertz CT molecular complexity index is 1340. The van der Waals surface area contributed by atoms with Gasteiger partial charge in [-0.05, 0) is 36.4 Å². The SMILES string of the molecule is NCCn1ccc2ncnc(Oc3ccc(NC(=O)Nc4cccc(C(F)(F)F)c4)c(Cl)c3)c21. The van der Waals surface area contributed by atoms with Crippen molar-refractivity contribution < 1.29 is 22.7 Å². The van der Waals surface area contributed by atoms with Gasteiger partial charge in [-0.25, -0.2) is 9.78 Å². The number of fused-ring (bicyclic) bond motifs is 1. The summed E-state index contributed by atoms with van der Waals surface area (Å²) in [5.74, 6) is 0.664. The maximum absolute atomic E-state index is 12.9. The van der Waals surface area contributed by atoms with Gasteiger partial charge in [0.2, 0.25) is 5.88 Å². The van der Waals surface area contributed by atoms with Gasteiger partial charge in [-0.2, -0.15) is 18.2 Å². The molecule has 2 amide bonds. The van der Waals surface area contributed by atoms with Crippen molar-refractivity contribution in [2.24, 2.45) is 5.73 Å². The maximum Gasteiger partial charge on any atom is 0.416 e. The number of hydrogen-bond donors (Lipinski definition) is 3. The molecule has 0 aliphatic rings. The van der Waals surface area contributed by atoms with E-state index in [0.29, 0.717) is 35.8 Å². The molecular weight excluding hydrogens is 473 g/mol. The summed E-state index contributed by atoms with van der Waals surface area (Å²) in [6.45, 7) is 0.977. The fourth-order valence-electron chi connectivity index (χ4n) is 3.23. The highest BCUT2D eigenvalue weighted by molar-refractivity contribution is 6.34. The Morgan fingerprint density at radius 1 is 1.12 bits per heavy atom. The molecule has 4 aromatic rings. The standard InChI is InChI=1S/C22H18ClF3N6O2/c23-16-11-15(34-20-19-18(28-12-29-20)6-8-32(19)9-7-27)4-5-17(16)31-21(33)30-14-3-1-2-13(10-14)22(24,25)26/h1-6,8,10-12H,7,9,27H2,(H2,30,31,33). The molecule has 0 fully saturated rings. The molecule has 2 aromatic heterocycles. The second-order valence-electron chi connectivity index (χ2n) is 7.11. The molecule has 0 bridgehead atoms. The highest BCUT2D eigenvalue weighted by Crippen LogP contribution is 2.33. The number of carbonyl (C=O) groups is 1. The number of carbonyl (C=O) groups excluding carboxylic acids is 1. The maximum atomic E-state index is 12.9. The van der Waals surface area contributed by atoms with E-state index in [2.05, 4.69) is 20.6 Å². The molecule has 0 aliphatic heterocycles. The van der Waals surface area contributed by atoms with Crippen molar-refractivity contribution >= 4 is 40.0 Å².